The molecule has 3 N–H and O–H groups in total. The lowest BCUT2D eigenvalue weighted by Gasteiger charge is -2.14. The predicted octanol–water partition coefficient (Wildman–Crippen LogP) is 3.48. The van der Waals surface area contributed by atoms with Crippen molar-refractivity contribution in [3.05, 3.63) is 65.2 Å². The van der Waals surface area contributed by atoms with Crippen LogP contribution in [0.3, 0.4) is 0 Å². The summed E-state index contributed by atoms with van der Waals surface area (Å²) in [6.07, 6.45) is 0. The normalized spacial score (nSPS) is 11.7. The van der Waals surface area contributed by atoms with Crippen molar-refractivity contribution in [1.82, 2.24) is 0 Å². The highest BCUT2D eigenvalue weighted by molar-refractivity contribution is 5.96. The first-order valence-electron chi connectivity index (χ1n) is 6.90. The van der Waals surface area contributed by atoms with Crippen LogP contribution in [0.2, 0.25) is 0 Å². The second-order valence-corrected chi connectivity index (χ2v) is 5.16. The Morgan fingerprint density at radius 2 is 1.81 bits per heavy atom. The van der Waals surface area contributed by atoms with E-state index in [2.05, 4.69) is 25.1 Å². The molecule has 0 radical (unpaired) electrons. The number of para-hydroxylation sites is 1. The molecular weight excluding hydrogens is 264 g/mol. The molecule has 0 bridgehead atoms. The van der Waals surface area contributed by atoms with Gasteiger partial charge in [-0.1, -0.05) is 61.5 Å². The van der Waals surface area contributed by atoms with Gasteiger partial charge in [-0.2, -0.15) is 0 Å². The van der Waals surface area contributed by atoms with E-state index in [0.717, 1.165) is 11.3 Å². The first-order chi connectivity index (χ1) is 10.1. The number of nitrogens with two attached hydrogens (primary N) is 1. The maximum absolute atomic E-state index is 8.63. The van der Waals surface area contributed by atoms with Gasteiger partial charge in [0.25, 0.3) is 0 Å². The molecule has 2 aromatic rings. The van der Waals surface area contributed by atoms with Crippen molar-refractivity contribution < 1.29 is 9.94 Å². The number of hydrogen-bond donors (Lipinski definition) is 2. The lowest BCUT2D eigenvalue weighted by molar-refractivity contribution is 0.302. The molecule has 0 aromatic heterocycles. The smallest absolute Gasteiger partial charge is 0.170 e. The fourth-order valence-corrected chi connectivity index (χ4v) is 2.08. The molecule has 0 aliphatic carbocycles. The number of nitrogens with zero attached hydrogens (tertiary/aromatic N) is 1. The van der Waals surface area contributed by atoms with Crippen molar-refractivity contribution in [2.75, 3.05) is 0 Å². The summed E-state index contributed by atoms with van der Waals surface area (Å²) in [5, 5.41) is 11.6. The van der Waals surface area contributed by atoms with Gasteiger partial charge in [0.05, 0.1) is 0 Å². The number of hydrogen-bond acceptors (Lipinski definition) is 3. The largest absolute Gasteiger partial charge is 0.489 e. The van der Waals surface area contributed by atoms with Crippen molar-refractivity contribution in [2.24, 2.45) is 10.9 Å². The molecule has 0 heterocycles. The van der Waals surface area contributed by atoms with Crippen LogP contribution >= 0.6 is 0 Å². The van der Waals surface area contributed by atoms with E-state index in [-0.39, 0.29) is 5.84 Å². The zero-order valence-electron chi connectivity index (χ0n) is 12.3. The maximum atomic E-state index is 8.63. The monoisotopic (exact) mass is 284 g/mol. The van der Waals surface area contributed by atoms with Gasteiger partial charge >= 0.3 is 0 Å². The molecule has 0 unspecified atom stereocenters. The Morgan fingerprint density at radius 1 is 1.14 bits per heavy atom. The standard InChI is InChI=1S/C17H20N2O2/c1-12(2)15-5-3-4-6-16(15)21-11-13-7-9-14(10-8-13)17(18)19-20/h3-10,12,20H,11H2,1-2H3,(H2,18,19). The average Bonchev–Trinajstić information content (AvgIpc) is 2.52. The Bertz CT molecular complexity index is 619. The zero-order valence-corrected chi connectivity index (χ0v) is 12.3. The molecule has 4 heteroatoms. The summed E-state index contributed by atoms with van der Waals surface area (Å²) in [6, 6.07) is 15.5. The van der Waals surface area contributed by atoms with Crippen LogP contribution in [0.5, 0.6) is 5.75 Å². The molecule has 0 amide bonds. The van der Waals surface area contributed by atoms with Crippen LogP contribution in [0, 0.1) is 0 Å². The van der Waals surface area contributed by atoms with Crippen molar-refractivity contribution >= 4 is 5.84 Å². The third kappa shape index (κ3) is 3.75. The first-order valence-corrected chi connectivity index (χ1v) is 6.90. The van der Waals surface area contributed by atoms with Gasteiger partial charge < -0.3 is 15.7 Å². The average molecular weight is 284 g/mol. The fourth-order valence-electron chi connectivity index (χ4n) is 2.08. The summed E-state index contributed by atoms with van der Waals surface area (Å²) in [5.74, 6) is 1.43. The number of ether oxygens (including phenoxy) is 1. The molecule has 0 aliphatic rings. The van der Waals surface area contributed by atoms with Gasteiger partial charge in [0.2, 0.25) is 0 Å². The molecule has 2 rings (SSSR count). The molecule has 0 saturated carbocycles. The highest BCUT2D eigenvalue weighted by Crippen LogP contribution is 2.26. The Kier molecular flexibility index (Phi) is 4.82. The zero-order chi connectivity index (χ0) is 15.2. The predicted molar refractivity (Wildman–Crippen MR) is 83.8 cm³/mol. The van der Waals surface area contributed by atoms with Crippen LogP contribution in [0.25, 0.3) is 0 Å². The molecule has 110 valence electrons. The number of rotatable bonds is 5. The second-order valence-electron chi connectivity index (χ2n) is 5.16. The minimum Gasteiger partial charge on any atom is -0.489 e. The number of oxime groups is 1. The van der Waals surface area contributed by atoms with E-state index in [0.29, 0.717) is 18.1 Å². The van der Waals surface area contributed by atoms with Gasteiger partial charge in [-0.05, 0) is 23.1 Å². The van der Waals surface area contributed by atoms with Crippen LogP contribution in [0.4, 0.5) is 0 Å². The maximum Gasteiger partial charge on any atom is 0.170 e. The van der Waals surface area contributed by atoms with Gasteiger partial charge in [-0.25, -0.2) is 0 Å². The van der Waals surface area contributed by atoms with E-state index in [1.807, 2.05) is 42.5 Å². The van der Waals surface area contributed by atoms with Crippen LogP contribution in [-0.4, -0.2) is 11.0 Å². The molecule has 2 aromatic carbocycles. The van der Waals surface area contributed by atoms with Gasteiger partial charge in [0, 0.05) is 5.56 Å². The van der Waals surface area contributed by atoms with E-state index in [1.54, 1.807) is 0 Å². The number of amidine groups is 1. The van der Waals surface area contributed by atoms with Crippen LogP contribution in [0.1, 0.15) is 36.5 Å². The van der Waals surface area contributed by atoms with Crippen LogP contribution in [0.15, 0.2) is 53.7 Å². The minimum absolute atomic E-state index is 0.104. The lowest BCUT2D eigenvalue weighted by Crippen LogP contribution is -2.12. The SMILES string of the molecule is CC(C)c1ccccc1OCc1ccc(/C(N)=N/O)cc1. The third-order valence-electron chi connectivity index (χ3n) is 3.29. The summed E-state index contributed by atoms with van der Waals surface area (Å²) in [7, 11) is 0. The second kappa shape index (κ2) is 6.79. The minimum atomic E-state index is 0.104. The van der Waals surface area contributed by atoms with E-state index in [9.17, 15) is 0 Å². The van der Waals surface area contributed by atoms with Crippen molar-refractivity contribution in [3.63, 3.8) is 0 Å². The Labute approximate surface area is 124 Å². The molecular formula is C17H20N2O2. The Hall–Kier alpha value is -2.49. The molecule has 21 heavy (non-hydrogen) atoms. The topological polar surface area (TPSA) is 67.8 Å². The van der Waals surface area contributed by atoms with Crippen molar-refractivity contribution in [2.45, 2.75) is 26.4 Å². The summed E-state index contributed by atoms with van der Waals surface area (Å²) in [4.78, 5) is 0. The highest BCUT2D eigenvalue weighted by Gasteiger charge is 2.07. The summed E-state index contributed by atoms with van der Waals surface area (Å²) in [6.45, 7) is 4.78. The molecule has 0 saturated heterocycles. The van der Waals surface area contributed by atoms with Gasteiger partial charge in [0.15, 0.2) is 5.84 Å². The Balaban J connectivity index is 2.07. The molecule has 0 atom stereocenters. The van der Waals surface area contributed by atoms with Crippen molar-refractivity contribution in [3.8, 4) is 5.75 Å². The van der Waals surface area contributed by atoms with Gasteiger partial charge in [0.1, 0.15) is 12.4 Å². The molecule has 0 spiro atoms. The quantitative estimate of drug-likeness (QED) is 0.382. The first kappa shape index (κ1) is 14.9. The van der Waals surface area contributed by atoms with E-state index in [1.165, 1.54) is 5.56 Å². The van der Waals surface area contributed by atoms with Gasteiger partial charge in [-0.15, -0.1) is 0 Å². The van der Waals surface area contributed by atoms with Crippen molar-refractivity contribution in [1.29, 1.82) is 0 Å². The summed E-state index contributed by atoms with van der Waals surface area (Å²) < 4.78 is 5.90. The molecule has 0 aliphatic heterocycles. The molecule has 0 fully saturated rings. The van der Waals surface area contributed by atoms with E-state index in [4.69, 9.17) is 15.7 Å². The third-order valence-corrected chi connectivity index (χ3v) is 3.29. The Morgan fingerprint density at radius 3 is 2.43 bits per heavy atom. The molecule has 4 nitrogen and oxygen atoms in total. The van der Waals surface area contributed by atoms with Crippen LogP contribution in [-0.2, 0) is 6.61 Å². The lowest BCUT2D eigenvalue weighted by atomic mass is 10.0. The summed E-state index contributed by atoms with van der Waals surface area (Å²) in [5.41, 5.74) is 8.45. The highest BCUT2D eigenvalue weighted by atomic mass is 16.5. The van der Waals surface area contributed by atoms with E-state index < -0.39 is 0 Å². The van der Waals surface area contributed by atoms with Crippen LogP contribution < -0.4 is 10.5 Å². The summed E-state index contributed by atoms with van der Waals surface area (Å²) >= 11 is 0. The number of benzene rings is 2. The van der Waals surface area contributed by atoms with E-state index >= 15 is 0 Å². The van der Waals surface area contributed by atoms with Gasteiger partial charge in [-0.3, -0.25) is 0 Å². The fraction of sp³-hybridized carbons (Fsp3) is 0.235.